The summed E-state index contributed by atoms with van der Waals surface area (Å²) in [5, 5.41) is 19.0. The smallest absolute Gasteiger partial charge is 0.416 e. The molecular formula is C23H24F3NO3. The number of benzene rings is 2. The van der Waals surface area contributed by atoms with Gasteiger partial charge in [0.1, 0.15) is 11.9 Å². The van der Waals surface area contributed by atoms with Crippen molar-refractivity contribution in [3.8, 4) is 5.75 Å². The summed E-state index contributed by atoms with van der Waals surface area (Å²) in [6.07, 6.45) is 1.07. The van der Waals surface area contributed by atoms with Gasteiger partial charge in [-0.2, -0.15) is 13.2 Å². The molecule has 3 rings (SSSR count). The summed E-state index contributed by atoms with van der Waals surface area (Å²) in [7, 11) is 0. The van der Waals surface area contributed by atoms with Crippen molar-refractivity contribution in [3.05, 3.63) is 84.0 Å². The van der Waals surface area contributed by atoms with Gasteiger partial charge in [0.25, 0.3) is 0 Å². The first-order chi connectivity index (χ1) is 14.3. The molecule has 30 heavy (non-hydrogen) atoms. The Hall–Kier alpha value is -2.77. The number of aliphatic hydroxyl groups excluding tert-OH is 2. The van der Waals surface area contributed by atoms with Crippen molar-refractivity contribution in [1.29, 1.82) is 0 Å². The van der Waals surface area contributed by atoms with Crippen molar-refractivity contribution in [2.75, 3.05) is 11.4 Å². The van der Waals surface area contributed by atoms with E-state index < -0.39 is 18.8 Å². The third kappa shape index (κ3) is 6.11. The number of aliphatic hydroxyl groups is 2. The standard InChI is InChI=1S/C23H24F3NO3/c24-23(25,26)22(29)15-27(14-17-6-4-7-18(12-17)16-28)19-8-5-11-21(13-19)30-20-9-2-1-3-10-20/h1-9,11-13,20,22,28-29H,10,14-16H2. The van der Waals surface area contributed by atoms with Gasteiger partial charge in [-0.05, 0) is 29.3 Å². The van der Waals surface area contributed by atoms with Crippen LogP contribution in [0.25, 0.3) is 0 Å². The predicted octanol–water partition coefficient (Wildman–Crippen LogP) is 4.37. The second-order valence-electron chi connectivity index (χ2n) is 7.12. The molecule has 2 N–H and O–H groups in total. The lowest BCUT2D eigenvalue weighted by molar-refractivity contribution is -0.200. The van der Waals surface area contributed by atoms with Crippen LogP contribution in [-0.4, -0.2) is 35.1 Å². The van der Waals surface area contributed by atoms with Gasteiger partial charge in [-0.1, -0.05) is 48.6 Å². The van der Waals surface area contributed by atoms with Gasteiger partial charge in [-0.3, -0.25) is 0 Å². The van der Waals surface area contributed by atoms with E-state index in [0.717, 1.165) is 5.56 Å². The third-order valence-corrected chi connectivity index (χ3v) is 4.73. The number of hydrogen-bond donors (Lipinski definition) is 2. The van der Waals surface area contributed by atoms with E-state index in [1.807, 2.05) is 24.3 Å². The summed E-state index contributed by atoms with van der Waals surface area (Å²) in [5.74, 6) is 0.535. The van der Waals surface area contributed by atoms with E-state index in [0.29, 0.717) is 23.4 Å². The normalized spacial score (nSPS) is 17.0. The molecule has 1 aliphatic carbocycles. The Labute approximate surface area is 173 Å². The molecule has 0 spiro atoms. The fraction of sp³-hybridized carbons (Fsp3) is 0.304. The number of anilines is 1. The minimum atomic E-state index is -4.72. The van der Waals surface area contributed by atoms with E-state index in [1.165, 1.54) is 4.90 Å². The fourth-order valence-electron chi connectivity index (χ4n) is 3.19. The van der Waals surface area contributed by atoms with Crippen molar-refractivity contribution in [1.82, 2.24) is 0 Å². The third-order valence-electron chi connectivity index (χ3n) is 4.73. The maximum absolute atomic E-state index is 13.0. The molecule has 7 heteroatoms. The Balaban J connectivity index is 1.84. The van der Waals surface area contributed by atoms with Crippen LogP contribution < -0.4 is 9.64 Å². The molecule has 2 aromatic rings. The van der Waals surface area contributed by atoms with Gasteiger partial charge >= 0.3 is 6.18 Å². The summed E-state index contributed by atoms with van der Waals surface area (Å²) >= 11 is 0. The highest BCUT2D eigenvalue weighted by Crippen LogP contribution is 2.28. The minimum absolute atomic E-state index is 0.135. The number of allylic oxidation sites excluding steroid dienone is 2. The van der Waals surface area contributed by atoms with Crippen LogP contribution in [0.5, 0.6) is 5.75 Å². The molecule has 1 aliphatic rings. The number of rotatable bonds is 8. The first kappa shape index (κ1) is 21.9. The Morgan fingerprint density at radius 2 is 1.83 bits per heavy atom. The zero-order chi connectivity index (χ0) is 21.6. The lowest BCUT2D eigenvalue weighted by Gasteiger charge is -2.29. The van der Waals surface area contributed by atoms with Crippen molar-refractivity contribution in [3.63, 3.8) is 0 Å². The summed E-state index contributed by atoms with van der Waals surface area (Å²) in [6, 6.07) is 13.8. The number of hydrogen-bond acceptors (Lipinski definition) is 4. The molecule has 0 bridgehead atoms. The van der Waals surface area contributed by atoms with Gasteiger partial charge in [-0.15, -0.1) is 0 Å². The van der Waals surface area contributed by atoms with Gasteiger partial charge in [0, 0.05) is 24.7 Å². The Morgan fingerprint density at radius 3 is 2.53 bits per heavy atom. The molecule has 2 aromatic carbocycles. The van der Waals surface area contributed by atoms with Crippen molar-refractivity contribution in [2.24, 2.45) is 0 Å². The molecule has 0 aliphatic heterocycles. The number of ether oxygens (including phenoxy) is 1. The number of halogens is 3. The van der Waals surface area contributed by atoms with E-state index in [9.17, 15) is 23.4 Å². The number of nitrogens with zero attached hydrogens (tertiary/aromatic N) is 1. The molecule has 0 aromatic heterocycles. The van der Waals surface area contributed by atoms with E-state index in [2.05, 4.69) is 0 Å². The molecule has 160 valence electrons. The maximum atomic E-state index is 13.0. The van der Waals surface area contributed by atoms with Crippen molar-refractivity contribution in [2.45, 2.75) is 38.0 Å². The van der Waals surface area contributed by atoms with Gasteiger partial charge in [0.05, 0.1) is 13.2 Å². The van der Waals surface area contributed by atoms with Crippen molar-refractivity contribution >= 4 is 5.69 Å². The highest BCUT2D eigenvalue weighted by atomic mass is 19.4. The van der Waals surface area contributed by atoms with Gasteiger partial charge in [0.15, 0.2) is 6.10 Å². The predicted molar refractivity (Wildman–Crippen MR) is 109 cm³/mol. The van der Waals surface area contributed by atoms with E-state index in [4.69, 9.17) is 4.74 Å². The topological polar surface area (TPSA) is 52.9 Å². The van der Waals surface area contributed by atoms with E-state index in [-0.39, 0.29) is 19.3 Å². The zero-order valence-electron chi connectivity index (χ0n) is 16.3. The SMILES string of the molecule is OCc1cccc(CN(CC(O)C(F)(F)F)c2cccc(OC3C=CC=CC3)c2)c1. The zero-order valence-corrected chi connectivity index (χ0v) is 16.3. The highest BCUT2D eigenvalue weighted by Gasteiger charge is 2.39. The number of alkyl halides is 3. The quantitative estimate of drug-likeness (QED) is 0.667. The Morgan fingerprint density at radius 1 is 1.07 bits per heavy atom. The molecule has 0 saturated heterocycles. The summed E-state index contributed by atoms with van der Waals surface area (Å²) in [5.41, 5.74) is 1.89. The van der Waals surface area contributed by atoms with Crippen LogP contribution in [-0.2, 0) is 13.2 Å². The highest BCUT2D eigenvalue weighted by molar-refractivity contribution is 5.51. The maximum Gasteiger partial charge on any atom is 0.416 e. The molecule has 2 atom stereocenters. The van der Waals surface area contributed by atoms with E-state index in [1.54, 1.807) is 48.5 Å². The van der Waals surface area contributed by atoms with Gasteiger partial charge in [0.2, 0.25) is 0 Å². The summed E-state index contributed by atoms with van der Waals surface area (Å²) < 4.78 is 45.0. The van der Waals surface area contributed by atoms with Crippen LogP contribution in [0.3, 0.4) is 0 Å². The van der Waals surface area contributed by atoms with Crippen LogP contribution in [0.4, 0.5) is 18.9 Å². The average molecular weight is 419 g/mol. The molecule has 0 radical (unpaired) electrons. The van der Waals surface area contributed by atoms with Gasteiger partial charge in [-0.25, -0.2) is 0 Å². The Kier molecular flexibility index (Phi) is 7.18. The van der Waals surface area contributed by atoms with Crippen LogP contribution >= 0.6 is 0 Å². The first-order valence-corrected chi connectivity index (χ1v) is 9.63. The molecule has 0 saturated carbocycles. The molecule has 4 nitrogen and oxygen atoms in total. The fourth-order valence-corrected chi connectivity index (χ4v) is 3.19. The minimum Gasteiger partial charge on any atom is -0.486 e. The van der Waals surface area contributed by atoms with Gasteiger partial charge < -0.3 is 19.8 Å². The van der Waals surface area contributed by atoms with Crippen LogP contribution in [0, 0.1) is 0 Å². The summed E-state index contributed by atoms with van der Waals surface area (Å²) in [4.78, 5) is 1.46. The monoisotopic (exact) mass is 419 g/mol. The molecule has 0 amide bonds. The van der Waals surface area contributed by atoms with Crippen molar-refractivity contribution < 1.29 is 28.1 Å². The molecule has 0 heterocycles. The lowest BCUT2D eigenvalue weighted by atomic mass is 10.1. The molecular weight excluding hydrogens is 395 g/mol. The lowest BCUT2D eigenvalue weighted by Crippen LogP contribution is -2.40. The summed E-state index contributed by atoms with van der Waals surface area (Å²) in [6.45, 7) is -0.648. The largest absolute Gasteiger partial charge is 0.486 e. The Bertz CT molecular complexity index is 895. The average Bonchev–Trinajstić information content (AvgIpc) is 2.73. The van der Waals surface area contributed by atoms with Crippen LogP contribution in [0.2, 0.25) is 0 Å². The van der Waals surface area contributed by atoms with Crippen LogP contribution in [0.1, 0.15) is 17.5 Å². The second kappa shape index (κ2) is 9.82. The molecule has 0 fully saturated rings. The van der Waals surface area contributed by atoms with E-state index >= 15 is 0 Å². The first-order valence-electron chi connectivity index (χ1n) is 9.63. The second-order valence-corrected chi connectivity index (χ2v) is 7.12. The van der Waals surface area contributed by atoms with Crippen LogP contribution in [0.15, 0.2) is 72.8 Å². The molecule has 2 unspecified atom stereocenters.